The molecule has 126 valence electrons. The number of nitrogens with two attached hydrogens (primary N) is 2. The summed E-state index contributed by atoms with van der Waals surface area (Å²) in [7, 11) is 0. The van der Waals surface area contributed by atoms with Gasteiger partial charge in [0.05, 0.1) is 0 Å². The van der Waals surface area contributed by atoms with E-state index in [0.717, 1.165) is 39.0 Å². The Labute approximate surface area is 137 Å². The molecule has 3 heteroatoms. The lowest BCUT2D eigenvalue weighted by molar-refractivity contribution is 0.253. The van der Waals surface area contributed by atoms with E-state index in [4.69, 9.17) is 11.5 Å². The largest absolute Gasteiger partial charge is 0.330 e. The monoisotopic (exact) mass is 305 g/mol. The minimum atomic E-state index is 0.617. The summed E-state index contributed by atoms with van der Waals surface area (Å²) < 4.78 is 0. The Balaban J connectivity index is 2.39. The van der Waals surface area contributed by atoms with E-state index in [0.29, 0.717) is 5.92 Å². The van der Waals surface area contributed by atoms with Crippen LogP contribution in [0.25, 0.3) is 0 Å². The quantitative estimate of drug-likeness (QED) is 0.584. The predicted octanol–water partition coefficient (Wildman–Crippen LogP) is 2.95. The zero-order valence-corrected chi connectivity index (χ0v) is 14.6. The van der Waals surface area contributed by atoms with Gasteiger partial charge in [-0.2, -0.15) is 0 Å². The highest BCUT2D eigenvalue weighted by Gasteiger charge is 2.08. The van der Waals surface area contributed by atoms with Gasteiger partial charge in [0.1, 0.15) is 0 Å². The standard InChI is InChI=1S/C19H35N3/c1-17-6-8-19(9-7-17)11-15-22(13-5-3-4-12-20)14-10-18(2)16-21/h6-9,18H,3-5,10-16,20-21H2,1-2H3. The summed E-state index contributed by atoms with van der Waals surface area (Å²) in [5.74, 6) is 0.617. The molecule has 0 aliphatic heterocycles. The third-order valence-electron chi connectivity index (χ3n) is 4.36. The van der Waals surface area contributed by atoms with Gasteiger partial charge in [0, 0.05) is 6.54 Å². The molecule has 4 N–H and O–H groups in total. The minimum Gasteiger partial charge on any atom is -0.330 e. The van der Waals surface area contributed by atoms with Crippen molar-refractivity contribution >= 4 is 0 Å². The van der Waals surface area contributed by atoms with Crippen LogP contribution in [0.3, 0.4) is 0 Å². The number of rotatable bonds is 12. The highest BCUT2D eigenvalue weighted by atomic mass is 15.1. The van der Waals surface area contributed by atoms with Crippen molar-refractivity contribution in [1.82, 2.24) is 4.90 Å². The Morgan fingerprint density at radius 2 is 1.68 bits per heavy atom. The molecule has 0 radical (unpaired) electrons. The average molecular weight is 306 g/mol. The van der Waals surface area contributed by atoms with Gasteiger partial charge in [-0.15, -0.1) is 0 Å². The van der Waals surface area contributed by atoms with E-state index in [1.807, 2.05) is 0 Å². The molecule has 0 fully saturated rings. The normalized spacial score (nSPS) is 12.8. The number of hydrogen-bond donors (Lipinski definition) is 2. The summed E-state index contributed by atoms with van der Waals surface area (Å²) >= 11 is 0. The Morgan fingerprint density at radius 3 is 2.32 bits per heavy atom. The van der Waals surface area contributed by atoms with Crippen molar-refractivity contribution in [2.75, 3.05) is 32.7 Å². The summed E-state index contributed by atoms with van der Waals surface area (Å²) in [6.45, 7) is 9.47. The molecule has 1 unspecified atom stereocenters. The van der Waals surface area contributed by atoms with Crippen LogP contribution in [0.1, 0.15) is 43.7 Å². The first kappa shape index (κ1) is 19.1. The fourth-order valence-electron chi connectivity index (χ4n) is 2.55. The van der Waals surface area contributed by atoms with E-state index in [2.05, 4.69) is 43.0 Å². The van der Waals surface area contributed by atoms with E-state index >= 15 is 0 Å². The fourth-order valence-corrected chi connectivity index (χ4v) is 2.55. The summed E-state index contributed by atoms with van der Waals surface area (Å²) in [5, 5.41) is 0. The first-order valence-corrected chi connectivity index (χ1v) is 8.83. The van der Waals surface area contributed by atoms with Gasteiger partial charge in [-0.1, -0.05) is 43.2 Å². The number of benzene rings is 1. The molecule has 0 aliphatic carbocycles. The summed E-state index contributed by atoms with van der Waals surface area (Å²) in [5.41, 5.74) is 14.1. The molecule has 0 amide bonds. The second-order valence-corrected chi connectivity index (χ2v) is 6.56. The molecule has 0 heterocycles. The summed E-state index contributed by atoms with van der Waals surface area (Å²) in [6.07, 6.45) is 5.96. The molecular formula is C19H35N3. The smallest absolute Gasteiger partial charge is 0.00218 e. The van der Waals surface area contributed by atoms with Crippen LogP contribution < -0.4 is 11.5 Å². The molecule has 1 aromatic rings. The van der Waals surface area contributed by atoms with Crippen LogP contribution in [-0.4, -0.2) is 37.6 Å². The number of aryl methyl sites for hydroxylation is 1. The maximum Gasteiger partial charge on any atom is 0.00218 e. The first-order chi connectivity index (χ1) is 10.7. The van der Waals surface area contributed by atoms with Gasteiger partial charge in [0.25, 0.3) is 0 Å². The third kappa shape index (κ3) is 8.52. The molecule has 1 aromatic carbocycles. The van der Waals surface area contributed by atoms with Gasteiger partial charge >= 0.3 is 0 Å². The average Bonchev–Trinajstić information content (AvgIpc) is 2.54. The predicted molar refractivity (Wildman–Crippen MR) is 97.1 cm³/mol. The van der Waals surface area contributed by atoms with Crippen molar-refractivity contribution in [3.8, 4) is 0 Å². The van der Waals surface area contributed by atoms with Crippen molar-refractivity contribution in [2.45, 2.75) is 46.0 Å². The van der Waals surface area contributed by atoms with Crippen molar-refractivity contribution in [3.63, 3.8) is 0 Å². The lowest BCUT2D eigenvalue weighted by atomic mass is 10.1. The first-order valence-electron chi connectivity index (χ1n) is 8.83. The zero-order valence-electron chi connectivity index (χ0n) is 14.6. The topological polar surface area (TPSA) is 55.3 Å². The van der Waals surface area contributed by atoms with E-state index in [-0.39, 0.29) is 0 Å². The van der Waals surface area contributed by atoms with E-state index in [1.165, 1.54) is 36.9 Å². The maximum absolute atomic E-state index is 5.74. The zero-order chi connectivity index (χ0) is 16.2. The number of hydrogen-bond acceptors (Lipinski definition) is 3. The van der Waals surface area contributed by atoms with Gasteiger partial charge in [0.2, 0.25) is 0 Å². The molecule has 0 bridgehead atoms. The van der Waals surface area contributed by atoms with E-state index in [1.54, 1.807) is 0 Å². The second-order valence-electron chi connectivity index (χ2n) is 6.56. The van der Waals surface area contributed by atoms with Crippen molar-refractivity contribution in [1.29, 1.82) is 0 Å². The van der Waals surface area contributed by atoms with Gasteiger partial charge in [-0.3, -0.25) is 0 Å². The molecule has 0 saturated carbocycles. The Hall–Kier alpha value is -0.900. The Kier molecular flexibility index (Phi) is 10.1. The lowest BCUT2D eigenvalue weighted by Crippen LogP contribution is -2.30. The Morgan fingerprint density at radius 1 is 0.955 bits per heavy atom. The molecule has 0 aromatic heterocycles. The van der Waals surface area contributed by atoms with Crippen LogP contribution in [0.15, 0.2) is 24.3 Å². The van der Waals surface area contributed by atoms with Crippen LogP contribution >= 0.6 is 0 Å². The molecule has 0 aliphatic rings. The van der Waals surface area contributed by atoms with Crippen LogP contribution in [0, 0.1) is 12.8 Å². The van der Waals surface area contributed by atoms with Crippen LogP contribution in [0.2, 0.25) is 0 Å². The summed E-state index contributed by atoms with van der Waals surface area (Å²) in [6, 6.07) is 8.92. The molecular weight excluding hydrogens is 270 g/mol. The molecule has 0 spiro atoms. The van der Waals surface area contributed by atoms with E-state index < -0.39 is 0 Å². The van der Waals surface area contributed by atoms with Gasteiger partial charge in [-0.25, -0.2) is 0 Å². The van der Waals surface area contributed by atoms with Crippen LogP contribution in [0.4, 0.5) is 0 Å². The molecule has 0 saturated heterocycles. The van der Waals surface area contributed by atoms with Crippen LogP contribution in [-0.2, 0) is 6.42 Å². The minimum absolute atomic E-state index is 0.617. The van der Waals surface area contributed by atoms with Gasteiger partial charge < -0.3 is 16.4 Å². The maximum atomic E-state index is 5.74. The van der Waals surface area contributed by atoms with Crippen molar-refractivity contribution < 1.29 is 0 Å². The highest BCUT2D eigenvalue weighted by molar-refractivity contribution is 5.21. The molecule has 22 heavy (non-hydrogen) atoms. The van der Waals surface area contributed by atoms with Gasteiger partial charge in [-0.05, 0) is 70.3 Å². The number of unbranched alkanes of at least 4 members (excludes halogenated alkanes) is 2. The molecule has 1 rings (SSSR count). The van der Waals surface area contributed by atoms with Gasteiger partial charge in [0.15, 0.2) is 0 Å². The highest BCUT2D eigenvalue weighted by Crippen LogP contribution is 2.08. The summed E-state index contributed by atoms with van der Waals surface area (Å²) in [4.78, 5) is 2.60. The molecule has 3 nitrogen and oxygen atoms in total. The van der Waals surface area contributed by atoms with Crippen molar-refractivity contribution in [2.24, 2.45) is 17.4 Å². The van der Waals surface area contributed by atoms with Crippen LogP contribution in [0.5, 0.6) is 0 Å². The second kappa shape index (κ2) is 11.6. The van der Waals surface area contributed by atoms with E-state index in [9.17, 15) is 0 Å². The number of nitrogens with zero attached hydrogens (tertiary/aromatic N) is 1. The lowest BCUT2D eigenvalue weighted by Gasteiger charge is -2.24. The van der Waals surface area contributed by atoms with Crippen molar-refractivity contribution in [3.05, 3.63) is 35.4 Å². The third-order valence-corrected chi connectivity index (χ3v) is 4.36. The Bertz CT molecular complexity index is 375. The fraction of sp³-hybridized carbons (Fsp3) is 0.684. The SMILES string of the molecule is Cc1ccc(CCN(CCCCCN)CCC(C)CN)cc1. The molecule has 1 atom stereocenters.